The topological polar surface area (TPSA) is 73.5 Å². The van der Waals surface area contributed by atoms with E-state index < -0.39 is 27.7 Å². The summed E-state index contributed by atoms with van der Waals surface area (Å²) >= 11 is 1.69. The van der Waals surface area contributed by atoms with Crippen LogP contribution >= 0.6 is 11.8 Å². The van der Waals surface area contributed by atoms with Crippen LogP contribution in [0, 0.1) is 0 Å². The van der Waals surface area contributed by atoms with Gasteiger partial charge in [-0.25, -0.2) is 8.42 Å². The van der Waals surface area contributed by atoms with E-state index in [2.05, 4.69) is 4.98 Å². The Morgan fingerprint density at radius 1 is 1.21 bits per heavy atom. The standard InChI is InChI=1S/C18H20F3N3O3S2/c1-23(12-13-2-4-14(5-3-13)18(19,20)21)17(25)16-10-15(11-22-16)29(26,27)24-6-8-28-9-7-24/h2-5,10-11,22H,6-9,12H2,1H3. The van der Waals surface area contributed by atoms with Gasteiger partial charge in [0, 0.05) is 44.4 Å². The van der Waals surface area contributed by atoms with Gasteiger partial charge in [-0.2, -0.15) is 29.2 Å². The molecule has 0 saturated carbocycles. The normalized spacial score (nSPS) is 16.0. The minimum atomic E-state index is -4.42. The molecule has 29 heavy (non-hydrogen) atoms. The van der Waals surface area contributed by atoms with Gasteiger partial charge in [-0.1, -0.05) is 12.1 Å². The fraction of sp³-hybridized carbons (Fsp3) is 0.389. The number of nitrogens with one attached hydrogen (secondary N) is 1. The fourth-order valence-corrected chi connectivity index (χ4v) is 5.50. The number of carbonyl (C=O) groups is 1. The number of rotatable bonds is 5. The molecule has 0 bridgehead atoms. The summed E-state index contributed by atoms with van der Waals surface area (Å²) in [6.07, 6.45) is -3.13. The molecular formula is C18H20F3N3O3S2. The molecule has 1 aromatic carbocycles. The van der Waals surface area contributed by atoms with Gasteiger partial charge in [-0.15, -0.1) is 0 Å². The van der Waals surface area contributed by atoms with Gasteiger partial charge >= 0.3 is 6.18 Å². The minimum absolute atomic E-state index is 0.0238. The molecule has 0 radical (unpaired) electrons. The maximum Gasteiger partial charge on any atom is 0.416 e. The molecule has 0 aliphatic carbocycles. The number of amides is 1. The number of nitrogens with zero attached hydrogens (tertiary/aromatic N) is 2. The number of benzene rings is 1. The van der Waals surface area contributed by atoms with Crippen LogP contribution in [0.2, 0.25) is 0 Å². The molecule has 6 nitrogen and oxygen atoms in total. The van der Waals surface area contributed by atoms with E-state index in [9.17, 15) is 26.4 Å². The number of hydrogen-bond donors (Lipinski definition) is 1. The zero-order valence-electron chi connectivity index (χ0n) is 15.6. The summed E-state index contributed by atoms with van der Waals surface area (Å²) in [5.41, 5.74) is -0.131. The van der Waals surface area contributed by atoms with Crippen LogP contribution in [-0.2, 0) is 22.7 Å². The molecular weight excluding hydrogens is 427 g/mol. The van der Waals surface area contributed by atoms with Crippen LogP contribution in [-0.4, -0.2) is 60.2 Å². The quantitative estimate of drug-likeness (QED) is 0.765. The molecule has 1 amide bonds. The molecule has 158 valence electrons. The lowest BCUT2D eigenvalue weighted by atomic mass is 10.1. The van der Waals surface area contributed by atoms with Gasteiger partial charge in [-0.05, 0) is 23.8 Å². The Labute approximate surface area is 171 Å². The van der Waals surface area contributed by atoms with Gasteiger partial charge in [-0.3, -0.25) is 4.79 Å². The van der Waals surface area contributed by atoms with E-state index in [0.717, 1.165) is 23.6 Å². The number of aromatic nitrogens is 1. The first kappa shape index (κ1) is 21.7. The smallest absolute Gasteiger partial charge is 0.356 e. The summed E-state index contributed by atoms with van der Waals surface area (Å²) < 4.78 is 64.7. The maximum absolute atomic E-state index is 12.7. The Bertz CT molecular complexity index is 966. The molecule has 1 aromatic heterocycles. The minimum Gasteiger partial charge on any atom is -0.356 e. The summed E-state index contributed by atoms with van der Waals surface area (Å²) in [5.74, 6) is 0.997. The summed E-state index contributed by atoms with van der Waals surface area (Å²) in [6, 6.07) is 5.84. The zero-order valence-corrected chi connectivity index (χ0v) is 17.2. The SMILES string of the molecule is CN(Cc1ccc(C(F)(F)F)cc1)C(=O)c1cc(S(=O)(=O)N2CCSCC2)c[nH]1. The molecule has 1 aliphatic rings. The molecule has 1 fully saturated rings. The number of carbonyl (C=O) groups excluding carboxylic acids is 1. The molecule has 3 rings (SSSR count). The van der Waals surface area contributed by atoms with Gasteiger partial charge in [0.1, 0.15) is 10.6 Å². The highest BCUT2D eigenvalue weighted by molar-refractivity contribution is 7.99. The van der Waals surface area contributed by atoms with Crippen molar-refractivity contribution in [2.24, 2.45) is 0 Å². The van der Waals surface area contributed by atoms with Crippen molar-refractivity contribution < 1.29 is 26.4 Å². The van der Waals surface area contributed by atoms with Crippen LogP contribution in [0.5, 0.6) is 0 Å². The highest BCUT2D eigenvalue weighted by Gasteiger charge is 2.30. The van der Waals surface area contributed by atoms with Crippen LogP contribution in [0.25, 0.3) is 0 Å². The van der Waals surface area contributed by atoms with E-state index in [4.69, 9.17) is 0 Å². The van der Waals surface area contributed by atoms with Crippen LogP contribution < -0.4 is 0 Å². The average molecular weight is 448 g/mol. The molecule has 1 saturated heterocycles. The van der Waals surface area contributed by atoms with Gasteiger partial charge in [0.25, 0.3) is 5.91 Å². The third-order valence-electron chi connectivity index (χ3n) is 4.54. The molecule has 11 heteroatoms. The molecule has 2 heterocycles. The van der Waals surface area contributed by atoms with Crippen molar-refractivity contribution in [1.82, 2.24) is 14.2 Å². The van der Waals surface area contributed by atoms with Crippen molar-refractivity contribution in [3.8, 4) is 0 Å². The molecule has 0 spiro atoms. The Morgan fingerprint density at radius 2 is 1.83 bits per heavy atom. The van der Waals surface area contributed by atoms with Gasteiger partial charge in [0.15, 0.2) is 0 Å². The zero-order chi connectivity index (χ0) is 21.2. The first-order chi connectivity index (χ1) is 13.6. The lowest BCUT2D eigenvalue weighted by Crippen LogP contribution is -2.37. The second-order valence-electron chi connectivity index (χ2n) is 6.62. The summed E-state index contributed by atoms with van der Waals surface area (Å²) in [4.78, 5) is 16.6. The van der Waals surface area contributed by atoms with Crippen LogP contribution in [0.1, 0.15) is 21.6 Å². The van der Waals surface area contributed by atoms with Crippen molar-refractivity contribution >= 4 is 27.7 Å². The highest BCUT2D eigenvalue weighted by Crippen LogP contribution is 2.29. The van der Waals surface area contributed by atoms with Crippen molar-refractivity contribution in [1.29, 1.82) is 0 Å². The van der Waals surface area contributed by atoms with Crippen LogP contribution in [0.15, 0.2) is 41.4 Å². The van der Waals surface area contributed by atoms with E-state index in [1.54, 1.807) is 11.8 Å². The summed E-state index contributed by atoms with van der Waals surface area (Å²) in [6.45, 7) is 0.936. The molecule has 1 N–H and O–H groups in total. The largest absolute Gasteiger partial charge is 0.416 e. The van der Waals surface area contributed by atoms with E-state index >= 15 is 0 Å². The van der Waals surface area contributed by atoms with Gasteiger partial charge < -0.3 is 9.88 Å². The highest BCUT2D eigenvalue weighted by atomic mass is 32.2. The predicted molar refractivity (Wildman–Crippen MR) is 104 cm³/mol. The second-order valence-corrected chi connectivity index (χ2v) is 9.78. The van der Waals surface area contributed by atoms with Crippen molar-refractivity contribution in [3.63, 3.8) is 0 Å². The van der Waals surface area contributed by atoms with E-state index in [-0.39, 0.29) is 17.1 Å². The Kier molecular flexibility index (Phi) is 6.30. The predicted octanol–water partition coefficient (Wildman–Crippen LogP) is 3.04. The summed E-state index contributed by atoms with van der Waals surface area (Å²) in [5, 5.41) is 0. The number of H-pyrrole nitrogens is 1. The maximum atomic E-state index is 12.7. The Balaban J connectivity index is 1.69. The molecule has 0 unspecified atom stereocenters. The third kappa shape index (κ3) is 4.96. The number of aromatic amines is 1. The number of halogens is 3. The van der Waals surface area contributed by atoms with Crippen molar-refractivity contribution in [3.05, 3.63) is 53.3 Å². The fourth-order valence-electron chi connectivity index (χ4n) is 2.93. The monoisotopic (exact) mass is 447 g/mol. The van der Waals surface area contributed by atoms with Crippen molar-refractivity contribution in [2.45, 2.75) is 17.6 Å². The molecule has 1 aliphatic heterocycles. The second kappa shape index (κ2) is 8.41. The summed E-state index contributed by atoms with van der Waals surface area (Å²) in [7, 11) is -2.17. The first-order valence-electron chi connectivity index (χ1n) is 8.77. The molecule has 0 atom stereocenters. The van der Waals surface area contributed by atoms with E-state index in [1.165, 1.54) is 40.6 Å². The van der Waals surface area contributed by atoms with Crippen molar-refractivity contribution in [2.75, 3.05) is 31.6 Å². The first-order valence-corrected chi connectivity index (χ1v) is 11.4. The molecule has 2 aromatic rings. The lowest BCUT2D eigenvalue weighted by molar-refractivity contribution is -0.137. The van der Waals surface area contributed by atoms with Gasteiger partial charge in [0.2, 0.25) is 10.0 Å². The lowest BCUT2D eigenvalue weighted by Gasteiger charge is -2.24. The third-order valence-corrected chi connectivity index (χ3v) is 7.36. The average Bonchev–Trinajstić information content (AvgIpc) is 3.19. The number of hydrogen-bond acceptors (Lipinski definition) is 4. The van der Waals surface area contributed by atoms with Gasteiger partial charge in [0.05, 0.1) is 5.56 Å². The van der Waals surface area contributed by atoms with E-state index in [1.807, 2.05) is 0 Å². The Hall–Kier alpha value is -1.98. The number of alkyl halides is 3. The number of thioether (sulfide) groups is 1. The van der Waals surface area contributed by atoms with E-state index in [0.29, 0.717) is 18.7 Å². The van der Waals surface area contributed by atoms with Crippen LogP contribution in [0.4, 0.5) is 13.2 Å². The Morgan fingerprint density at radius 3 is 2.41 bits per heavy atom. The van der Waals surface area contributed by atoms with Crippen LogP contribution in [0.3, 0.4) is 0 Å². The number of sulfonamides is 1.